The Kier molecular flexibility index (Phi) is 3.78. The minimum absolute atomic E-state index is 0.188. The van der Waals surface area contributed by atoms with Gasteiger partial charge in [0.05, 0.1) is 11.4 Å². The second kappa shape index (κ2) is 5.76. The molecule has 8 heteroatoms. The number of aliphatic hydroxyl groups is 2. The lowest BCUT2D eigenvalue weighted by atomic mass is 9.73. The summed E-state index contributed by atoms with van der Waals surface area (Å²) in [5.41, 5.74) is 8.97. The zero-order chi connectivity index (χ0) is 17.8. The summed E-state index contributed by atoms with van der Waals surface area (Å²) in [5, 5.41) is 24.3. The number of aliphatic hydroxyl groups excluding tert-OH is 1. The van der Waals surface area contributed by atoms with E-state index in [2.05, 4.69) is 28.9 Å². The molecule has 1 atom stereocenters. The molecule has 1 fully saturated rings. The van der Waals surface area contributed by atoms with Gasteiger partial charge in [-0.25, -0.2) is 14.6 Å². The first-order valence-corrected chi connectivity index (χ1v) is 8.61. The van der Waals surface area contributed by atoms with Crippen molar-refractivity contribution < 1.29 is 14.9 Å². The molecule has 1 aliphatic carbocycles. The second-order valence-electron chi connectivity index (χ2n) is 7.41. The van der Waals surface area contributed by atoms with Crippen molar-refractivity contribution in [2.45, 2.75) is 57.5 Å². The average molecular weight is 345 g/mol. The number of hydrogen-bond acceptors (Lipinski definition) is 7. The van der Waals surface area contributed by atoms with E-state index >= 15 is 0 Å². The van der Waals surface area contributed by atoms with Gasteiger partial charge >= 0.3 is 0 Å². The topological polar surface area (TPSA) is 119 Å². The first-order valence-electron chi connectivity index (χ1n) is 8.61. The second-order valence-corrected chi connectivity index (χ2v) is 7.41. The fourth-order valence-corrected chi connectivity index (χ4v) is 3.97. The summed E-state index contributed by atoms with van der Waals surface area (Å²) in [7, 11) is 0. The molecule has 1 aliphatic heterocycles. The van der Waals surface area contributed by atoms with Gasteiger partial charge in [-0.2, -0.15) is 5.10 Å². The number of anilines is 1. The normalized spacial score (nSPS) is 21.9. The van der Waals surface area contributed by atoms with Crippen molar-refractivity contribution >= 4 is 5.95 Å². The molecule has 134 valence electrons. The van der Waals surface area contributed by atoms with E-state index < -0.39 is 6.29 Å². The Morgan fingerprint density at radius 1 is 1.36 bits per heavy atom. The van der Waals surface area contributed by atoms with Crippen LogP contribution in [0.4, 0.5) is 5.95 Å². The van der Waals surface area contributed by atoms with Crippen LogP contribution in [0.5, 0.6) is 0 Å². The van der Waals surface area contributed by atoms with Gasteiger partial charge in [-0.05, 0) is 36.7 Å². The van der Waals surface area contributed by atoms with Crippen LogP contribution in [0.25, 0.3) is 11.4 Å². The zero-order valence-corrected chi connectivity index (χ0v) is 14.4. The van der Waals surface area contributed by atoms with E-state index in [-0.39, 0.29) is 23.3 Å². The molecule has 25 heavy (non-hydrogen) atoms. The Bertz CT molecular complexity index is 809. The SMILES string of the molecule is CC1(C)Cc2cnc(N)nc2-c2c1c(C(O)O)nn2C1CCCCO1. The third-order valence-electron chi connectivity index (χ3n) is 5.03. The largest absolute Gasteiger partial charge is 0.368 e. The molecule has 2 aromatic heterocycles. The number of ether oxygens (including phenoxy) is 1. The highest BCUT2D eigenvalue weighted by atomic mass is 16.5. The Balaban J connectivity index is 1.99. The predicted molar refractivity (Wildman–Crippen MR) is 90.4 cm³/mol. The highest BCUT2D eigenvalue weighted by molar-refractivity contribution is 5.70. The molecule has 0 aromatic carbocycles. The van der Waals surface area contributed by atoms with Gasteiger partial charge in [-0.15, -0.1) is 0 Å². The number of nitrogens with two attached hydrogens (primary N) is 1. The molecule has 0 bridgehead atoms. The monoisotopic (exact) mass is 345 g/mol. The van der Waals surface area contributed by atoms with Crippen LogP contribution < -0.4 is 5.73 Å². The Morgan fingerprint density at radius 3 is 2.84 bits per heavy atom. The molecule has 8 nitrogen and oxygen atoms in total. The van der Waals surface area contributed by atoms with Crippen LogP contribution in [0.15, 0.2) is 6.20 Å². The lowest BCUT2D eigenvalue weighted by Gasteiger charge is -2.33. The minimum atomic E-state index is -1.65. The first kappa shape index (κ1) is 16.4. The number of fused-ring (bicyclic) bond motifs is 3. The summed E-state index contributed by atoms with van der Waals surface area (Å²) in [6.45, 7) is 4.79. The molecule has 2 aliphatic rings. The molecular formula is C17H23N5O3. The van der Waals surface area contributed by atoms with Crippen LogP contribution in [-0.2, 0) is 16.6 Å². The van der Waals surface area contributed by atoms with Gasteiger partial charge in [-0.1, -0.05) is 13.8 Å². The fraction of sp³-hybridized carbons (Fsp3) is 0.588. The van der Waals surface area contributed by atoms with Gasteiger partial charge in [0.2, 0.25) is 5.95 Å². The van der Waals surface area contributed by atoms with Crippen molar-refractivity contribution in [3.05, 3.63) is 23.0 Å². The number of rotatable bonds is 2. The van der Waals surface area contributed by atoms with Crippen molar-refractivity contribution in [1.82, 2.24) is 19.7 Å². The van der Waals surface area contributed by atoms with E-state index in [1.807, 2.05) is 0 Å². The highest BCUT2D eigenvalue weighted by Gasteiger charge is 2.41. The number of nitrogens with zero attached hydrogens (tertiary/aromatic N) is 4. The summed E-state index contributed by atoms with van der Waals surface area (Å²) in [6, 6.07) is 0. The Hall–Kier alpha value is -2.03. The molecule has 4 rings (SSSR count). The van der Waals surface area contributed by atoms with Crippen LogP contribution in [0.1, 0.15) is 62.4 Å². The van der Waals surface area contributed by atoms with Crippen LogP contribution in [0, 0.1) is 0 Å². The Morgan fingerprint density at radius 2 is 2.16 bits per heavy atom. The van der Waals surface area contributed by atoms with Gasteiger partial charge in [0.1, 0.15) is 5.69 Å². The number of nitrogen functional groups attached to an aromatic ring is 1. The molecule has 0 spiro atoms. The van der Waals surface area contributed by atoms with Crippen LogP contribution in [-0.4, -0.2) is 36.6 Å². The maximum atomic E-state index is 9.91. The maximum absolute atomic E-state index is 9.91. The molecule has 3 heterocycles. The third kappa shape index (κ3) is 2.61. The molecule has 0 saturated carbocycles. The van der Waals surface area contributed by atoms with E-state index in [9.17, 15) is 10.2 Å². The lowest BCUT2D eigenvalue weighted by Crippen LogP contribution is -2.29. The van der Waals surface area contributed by atoms with Crippen molar-refractivity contribution in [2.75, 3.05) is 12.3 Å². The number of aromatic nitrogens is 4. The minimum Gasteiger partial charge on any atom is -0.368 e. The van der Waals surface area contributed by atoms with E-state index in [1.165, 1.54) is 0 Å². The van der Waals surface area contributed by atoms with Crippen molar-refractivity contribution in [3.63, 3.8) is 0 Å². The summed E-state index contributed by atoms with van der Waals surface area (Å²) in [5.74, 6) is 0.188. The number of hydrogen-bond donors (Lipinski definition) is 3. The van der Waals surface area contributed by atoms with Crippen molar-refractivity contribution in [3.8, 4) is 11.4 Å². The van der Waals surface area contributed by atoms with Crippen molar-refractivity contribution in [1.29, 1.82) is 0 Å². The van der Waals surface area contributed by atoms with E-state index in [0.717, 1.165) is 36.1 Å². The third-order valence-corrected chi connectivity index (χ3v) is 5.03. The van der Waals surface area contributed by atoms with Gasteiger partial charge in [-0.3, -0.25) is 0 Å². The summed E-state index contributed by atoms with van der Waals surface area (Å²) in [6.07, 6.45) is 3.41. The lowest BCUT2D eigenvalue weighted by molar-refractivity contribution is -0.0541. The fourth-order valence-electron chi connectivity index (χ4n) is 3.97. The molecule has 0 amide bonds. The standard InChI is InChI=1S/C17H23N5O3/c1-17(2)7-9-8-19-16(18)20-12(9)14-11(17)13(15(23)24)21-22(14)10-5-3-4-6-25-10/h8,10,15,23-24H,3-7H2,1-2H3,(H2,18,19,20). The molecule has 1 saturated heterocycles. The van der Waals surface area contributed by atoms with Gasteiger partial charge in [0.25, 0.3) is 0 Å². The van der Waals surface area contributed by atoms with E-state index in [4.69, 9.17) is 10.5 Å². The average Bonchev–Trinajstić information content (AvgIpc) is 2.99. The predicted octanol–water partition coefficient (Wildman–Crippen LogP) is 1.44. The molecule has 2 aromatic rings. The molecular weight excluding hydrogens is 322 g/mol. The summed E-state index contributed by atoms with van der Waals surface area (Å²) < 4.78 is 7.66. The van der Waals surface area contributed by atoms with Crippen LogP contribution in [0.2, 0.25) is 0 Å². The van der Waals surface area contributed by atoms with Gasteiger partial charge in [0.15, 0.2) is 12.5 Å². The van der Waals surface area contributed by atoms with Gasteiger partial charge in [0, 0.05) is 18.4 Å². The summed E-state index contributed by atoms with van der Waals surface area (Å²) in [4.78, 5) is 8.56. The zero-order valence-electron chi connectivity index (χ0n) is 14.4. The highest BCUT2D eigenvalue weighted by Crippen LogP contribution is 2.46. The molecule has 1 unspecified atom stereocenters. The van der Waals surface area contributed by atoms with E-state index in [0.29, 0.717) is 18.7 Å². The van der Waals surface area contributed by atoms with Gasteiger partial charge < -0.3 is 20.7 Å². The first-order chi connectivity index (χ1) is 11.9. The molecule has 0 radical (unpaired) electrons. The van der Waals surface area contributed by atoms with Crippen LogP contribution >= 0.6 is 0 Å². The van der Waals surface area contributed by atoms with E-state index in [1.54, 1.807) is 10.9 Å². The smallest absolute Gasteiger partial charge is 0.220 e. The van der Waals surface area contributed by atoms with Crippen LogP contribution in [0.3, 0.4) is 0 Å². The summed E-state index contributed by atoms with van der Waals surface area (Å²) >= 11 is 0. The Labute approximate surface area is 145 Å². The quantitative estimate of drug-likeness (QED) is 0.704. The maximum Gasteiger partial charge on any atom is 0.220 e. The van der Waals surface area contributed by atoms with Crippen molar-refractivity contribution in [2.24, 2.45) is 0 Å². The molecule has 4 N–H and O–H groups in total.